The normalized spacial score (nSPS) is 14.7. The number of carbonyl (C=O) groups is 1. The molecule has 82 valence electrons. The van der Waals surface area contributed by atoms with E-state index in [1.807, 2.05) is 0 Å². The molecule has 0 unspecified atom stereocenters. The summed E-state index contributed by atoms with van der Waals surface area (Å²) in [5.41, 5.74) is 6.57. The molecule has 15 heavy (non-hydrogen) atoms. The van der Waals surface area contributed by atoms with Gasteiger partial charge in [0.2, 0.25) is 0 Å². The second-order valence-corrected chi connectivity index (χ2v) is 3.62. The van der Waals surface area contributed by atoms with Gasteiger partial charge in [0.05, 0.1) is 0 Å². The molecule has 0 saturated heterocycles. The Morgan fingerprint density at radius 1 is 1.53 bits per heavy atom. The Kier molecular flexibility index (Phi) is 3.42. The van der Waals surface area contributed by atoms with E-state index in [1.165, 1.54) is 6.07 Å². The number of benzene rings is 1. The zero-order chi connectivity index (χ0) is 11.6. The molecular formula is C11H14FNO2. The largest absolute Gasteiger partial charge is 0.480 e. The summed E-state index contributed by atoms with van der Waals surface area (Å²) in [4.78, 5) is 10.7. The lowest BCUT2D eigenvalue weighted by Crippen LogP contribution is -2.35. The van der Waals surface area contributed by atoms with Gasteiger partial charge in [0.25, 0.3) is 0 Å². The van der Waals surface area contributed by atoms with Crippen LogP contribution in [0.4, 0.5) is 4.39 Å². The maximum atomic E-state index is 13.5. The molecule has 0 amide bonds. The van der Waals surface area contributed by atoms with Crippen LogP contribution in [0.3, 0.4) is 0 Å². The average Bonchev–Trinajstić information content (AvgIpc) is 2.15. The van der Waals surface area contributed by atoms with Gasteiger partial charge in [-0.2, -0.15) is 0 Å². The van der Waals surface area contributed by atoms with Crippen molar-refractivity contribution in [1.82, 2.24) is 0 Å². The SMILES string of the molecule is Cc1cccc(F)c1[C@@H](C)[C@H](N)C(=O)O. The molecule has 0 saturated carbocycles. The molecule has 0 aromatic heterocycles. The van der Waals surface area contributed by atoms with Crippen LogP contribution in [0.2, 0.25) is 0 Å². The number of rotatable bonds is 3. The van der Waals surface area contributed by atoms with Crippen LogP contribution in [0.5, 0.6) is 0 Å². The molecule has 3 nitrogen and oxygen atoms in total. The lowest BCUT2D eigenvalue weighted by molar-refractivity contribution is -0.139. The Morgan fingerprint density at radius 2 is 2.13 bits per heavy atom. The van der Waals surface area contributed by atoms with Crippen molar-refractivity contribution in [1.29, 1.82) is 0 Å². The predicted molar refractivity (Wildman–Crippen MR) is 55.2 cm³/mol. The quantitative estimate of drug-likeness (QED) is 0.799. The molecule has 0 aliphatic rings. The third kappa shape index (κ3) is 2.33. The van der Waals surface area contributed by atoms with Crippen LogP contribution in [0.15, 0.2) is 18.2 Å². The highest BCUT2D eigenvalue weighted by Crippen LogP contribution is 2.24. The smallest absolute Gasteiger partial charge is 0.321 e. The molecule has 0 bridgehead atoms. The maximum absolute atomic E-state index is 13.5. The van der Waals surface area contributed by atoms with E-state index in [-0.39, 0.29) is 0 Å². The highest BCUT2D eigenvalue weighted by molar-refractivity contribution is 5.74. The van der Waals surface area contributed by atoms with Gasteiger partial charge in [0.15, 0.2) is 0 Å². The van der Waals surface area contributed by atoms with E-state index in [0.717, 1.165) is 5.56 Å². The third-order valence-corrected chi connectivity index (χ3v) is 2.55. The van der Waals surface area contributed by atoms with Gasteiger partial charge in [-0.25, -0.2) is 4.39 Å². The molecule has 0 radical (unpaired) electrons. The van der Waals surface area contributed by atoms with Crippen molar-refractivity contribution in [2.24, 2.45) is 5.73 Å². The first-order chi connectivity index (χ1) is 6.95. The van der Waals surface area contributed by atoms with Gasteiger partial charge in [0, 0.05) is 5.92 Å². The first-order valence-corrected chi connectivity index (χ1v) is 4.68. The highest BCUT2D eigenvalue weighted by atomic mass is 19.1. The van der Waals surface area contributed by atoms with Crippen molar-refractivity contribution in [2.75, 3.05) is 0 Å². The molecule has 0 spiro atoms. The average molecular weight is 211 g/mol. The number of halogens is 1. The standard InChI is InChI=1S/C11H14FNO2/c1-6-4-3-5-8(12)9(6)7(2)10(13)11(14)15/h3-5,7,10H,13H2,1-2H3,(H,14,15)/t7-,10+/m1/s1. The molecule has 1 rings (SSSR count). The third-order valence-electron chi connectivity index (χ3n) is 2.55. The fourth-order valence-electron chi connectivity index (χ4n) is 1.61. The molecule has 0 fully saturated rings. The van der Waals surface area contributed by atoms with Crippen molar-refractivity contribution < 1.29 is 14.3 Å². The van der Waals surface area contributed by atoms with E-state index in [4.69, 9.17) is 10.8 Å². The number of hydrogen-bond donors (Lipinski definition) is 2. The maximum Gasteiger partial charge on any atom is 0.321 e. The van der Waals surface area contributed by atoms with Gasteiger partial charge in [-0.05, 0) is 24.1 Å². The Balaban J connectivity index is 3.10. The van der Waals surface area contributed by atoms with E-state index in [0.29, 0.717) is 5.56 Å². The van der Waals surface area contributed by atoms with Gasteiger partial charge >= 0.3 is 5.97 Å². The minimum Gasteiger partial charge on any atom is -0.480 e. The second kappa shape index (κ2) is 4.40. The van der Waals surface area contributed by atoms with Crippen molar-refractivity contribution in [3.63, 3.8) is 0 Å². The lowest BCUT2D eigenvalue weighted by Gasteiger charge is -2.19. The number of carboxylic acids is 1. The van der Waals surface area contributed by atoms with Gasteiger partial charge in [-0.3, -0.25) is 4.79 Å². The molecule has 3 N–H and O–H groups in total. The lowest BCUT2D eigenvalue weighted by atomic mass is 9.90. The second-order valence-electron chi connectivity index (χ2n) is 3.62. The Labute approximate surface area is 87.7 Å². The minimum atomic E-state index is -1.12. The van der Waals surface area contributed by atoms with Gasteiger partial charge in [0.1, 0.15) is 11.9 Å². The van der Waals surface area contributed by atoms with E-state index >= 15 is 0 Å². The van der Waals surface area contributed by atoms with Crippen LogP contribution in [-0.2, 0) is 4.79 Å². The molecule has 2 atom stereocenters. The van der Waals surface area contributed by atoms with Gasteiger partial charge in [-0.15, -0.1) is 0 Å². The van der Waals surface area contributed by atoms with Gasteiger partial charge in [-0.1, -0.05) is 19.1 Å². The van der Waals surface area contributed by atoms with E-state index in [2.05, 4.69) is 0 Å². The summed E-state index contributed by atoms with van der Waals surface area (Å²) in [5.74, 6) is -2.06. The highest BCUT2D eigenvalue weighted by Gasteiger charge is 2.24. The molecule has 1 aromatic rings. The van der Waals surface area contributed by atoms with E-state index < -0.39 is 23.7 Å². The fourth-order valence-corrected chi connectivity index (χ4v) is 1.61. The monoisotopic (exact) mass is 211 g/mol. The number of hydrogen-bond acceptors (Lipinski definition) is 2. The zero-order valence-electron chi connectivity index (χ0n) is 8.70. The van der Waals surface area contributed by atoms with Crippen LogP contribution in [0.1, 0.15) is 24.0 Å². The summed E-state index contributed by atoms with van der Waals surface area (Å²) in [6.45, 7) is 3.35. The molecule has 1 aromatic carbocycles. The van der Waals surface area contributed by atoms with Crippen molar-refractivity contribution in [3.05, 3.63) is 35.1 Å². The van der Waals surface area contributed by atoms with E-state index in [1.54, 1.807) is 26.0 Å². The molecule has 4 heteroatoms. The topological polar surface area (TPSA) is 63.3 Å². The summed E-state index contributed by atoms with van der Waals surface area (Å²) in [5, 5.41) is 8.75. The molecule has 0 aliphatic heterocycles. The summed E-state index contributed by atoms with van der Waals surface area (Å²) in [7, 11) is 0. The Morgan fingerprint density at radius 3 is 2.60 bits per heavy atom. The van der Waals surface area contributed by atoms with Crippen molar-refractivity contribution >= 4 is 5.97 Å². The first-order valence-electron chi connectivity index (χ1n) is 4.68. The number of aliphatic carboxylic acids is 1. The summed E-state index contributed by atoms with van der Waals surface area (Å²) >= 11 is 0. The fraction of sp³-hybridized carbons (Fsp3) is 0.364. The molecule has 0 aliphatic carbocycles. The zero-order valence-corrected chi connectivity index (χ0v) is 8.70. The summed E-state index contributed by atoms with van der Waals surface area (Å²) in [6.07, 6.45) is 0. The van der Waals surface area contributed by atoms with Gasteiger partial charge < -0.3 is 10.8 Å². The van der Waals surface area contributed by atoms with Crippen LogP contribution in [0, 0.1) is 12.7 Å². The molecular weight excluding hydrogens is 197 g/mol. The Hall–Kier alpha value is -1.42. The molecule has 0 heterocycles. The first kappa shape index (κ1) is 11.7. The number of carboxylic acid groups (broad SMARTS) is 1. The van der Waals surface area contributed by atoms with Crippen molar-refractivity contribution in [2.45, 2.75) is 25.8 Å². The number of nitrogens with two attached hydrogens (primary N) is 1. The summed E-state index contributed by atoms with van der Waals surface area (Å²) in [6, 6.07) is 3.56. The Bertz CT molecular complexity index is 359. The van der Waals surface area contributed by atoms with Crippen LogP contribution >= 0.6 is 0 Å². The minimum absolute atomic E-state index is 0.382. The van der Waals surface area contributed by atoms with Crippen molar-refractivity contribution in [3.8, 4) is 0 Å². The predicted octanol–water partition coefficient (Wildman–Crippen LogP) is 1.65. The van der Waals surface area contributed by atoms with Crippen LogP contribution in [0.25, 0.3) is 0 Å². The van der Waals surface area contributed by atoms with E-state index in [9.17, 15) is 9.18 Å². The van der Waals surface area contributed by atoms with Crippen LogP contribution < -0.4 is 5.73 Å². The summed E-state index contributed by atoms with van der Waals surface area (Å²) < 4.78 is 13.5. The number of aryl methyl sites for hydroxylation is 1. The van der Waals surface area contributed by atoms with Crippen LogP contribution in [-0.4, -0.2) is 17.1 Å².